The molecule has 4 nitrogen and oxygen atoms in total. The summed E-state index contributed by atoms with van der Waals surface area (Å²) >= 11 is 0. The number of piperazine rings is 1. The molecule has 2 heterocycles. The first-order valence-electron chi connectivity index (χ1n) is 12.6. The van der Waals surface area contributed by atoms with Gasteiger partial charge in [0, 0.05) is 50.7 Å². The number of aromatic nitrogens is 1. The second-order valence-electron chi connectivity index (χ2n) is 9.81. The minimum Gasteiger partial charge on any atom is -0.384 e. The van der Waals surface area contributed by atoms with Crippen LogP contribution in [-0.4, -0.2) is 54.1 Å². The number of rotatable bonds is 9. The minimum atomic E-state index is 0.458. The predicted octanol–water partition coefficient (Wildman–Crippen LogP) is 5.79. The summed E-state index contributed by atoms with van der Waals surface area (Å²) in [6.45, 7) is 11.6. The molecule has 1 aliphatic rings. The highest BCUT2D eigenvalue weighted by Crippen LogP contribution is 2.26. The fourth-order valence-electron chi connectivity index (χ4n) is 4.77. The highest BCUT2D eigenvalue weighted by atomic mass is 15.3. The van der Waals surface area contributed by atoms with Gasteiger partial charge in [0.25, 0.3) is 0 Å². The molecule has 1 atom stereocenters. The van der Waals surface area contributed by atoms with E-state index in [0.717, 1.165) is 43.2 Å². The Morgan fingerprint density at radius 3 is 2.15 bits per heavy atom. The summed E-state index contributed by atoms with van der Waals surface area (Å²) in [5, 5.41) is 0. The van der Waals surface area contributed by atoms with Gasteiger partial charge >= 0.3 is 0 Å². The lowest BCUT2D eigenvalue weighted by Crippen LogP contribution is -2.48. The highest BCUT2D eigenvalue weighted by molar-refractivity contribution is 5.61. The van der Waals surface area contributed by atoms with Crippen LogP contribution in [0.3, 0.4) is 0 Å². The molecule has 4 rings (SSSR count). The van der Waals surface area contributed by atoms with E-state index in [9.17, 15) is 0 Å². The molecular weight excluding hydrogens is 416 g/mol. The Labute approximate surface area is 205 Å². The second kappa shape index (κ2) is 12.0. The van der Waals surface area contributed by atoms with Crippen molar-refractivity contribution in [2.75, 3.05) is 45.0 Å². The zero-order valence-corrected chi connectivity index (χ0v) is 20.6. The van der Waals surface area contributed by atoms with Crippen molar-refractivity contribution in [2.45, 2.75) is 26.2 Å². The molecule has 2 aromatic carbocycles. The molecule has 2 N–H and O–H groups in total. The average Bonchev–Trinajstić information content (AvgIpc) is 2.85. The Bertz CT molecular complexity index is 1030. The fraction of sp³-hybridized carbons (Fsp3) is 0.367. The first kappa shape index (κ1) is 24.2. The third-order valence-electron chi connectivity index (χ3n) is 6.55. The number of nitrogen functional groups attached to an aromatic ring is 1. The van der Waals surface area contributed by atoms with Gasteiger partial charge in [0.2, 0.25) is 0 Å². The van der Waals surface area contributed by atoms with Gasteiger partial charge in [0.15, 0.2) is 0 Å². The molecule has 1 saturated heterocycles. The predicted molar refractivity (Wildman–Crippen MR) is 145 cm³/mol. The number of pyridine rings is 1. The van der Waals surface area contributed by atoms with E-state index in [-0.39, 0.29) is 0 Å². The number of nitrogens with zero attached hydrogens (tertiary/aromatic N) is 3. The first-order valence-corrected chi connectivity index (χ1v) is 12.6. The lowest BCUT2D eigenvalue weighted by atomic mass is 9.93. The van der Waals surface area contributed by atoms with Crippen LogP contribution in [0.4, 0.5) is 5.82 Å². The smallest absolute Gasteiger partial charge is 0.124 e. The van der Waals surface area contributed by atoms with Crippen molar-refractivity contribution < 1.29 is 0 Å². The van der Waals surface area contributed by atoms with Gasteiger partial charge in [0.1, 0.15) is 5.82 Å². The van der Waals surface area contributed by atoms with Crippen LogP contribution in [0.1, 0.15) is 37.3 Å². The van der Waals surface area contributed by atoms with E-state index < -0.39 is 0 Å². The van der Waals surface area contributed by atoms with E-state index >= 15 is 0 Å². The molecule has 0 aliphatic carbocycles. The van der Waals surface area contributed by atoms with Crippen LogP contribution in [0.25, 0.3) is 17.3 Å². The zero-order chi connectivity index (χ0) is 23.8. The summed E-state index contributed by atoms with van der Waals surface area (Å²) in [6.07, 6.45) is 5.61. The Hall–Kier alpha value is -2.95. The first-order chi connectivity index (χ1) is 16.6. The second-order valence-corrected chi connectivity index (χ2v) is 9.81. The number of benzene rings is 2. The molecule has 0 bridgehead atoms. The maximum Gasteiger partial charge on any atom is 0.124 e. The molecule has 0 saturated carbocycles. The summed E-state index contributed by atoms with van der Waals surface area (Å²) in [6, 6.07) is 25.3. The van der Waals surface area contributed by atoms with Crippen LogP contribution < -0.4 is 5.73 Å². The van der Waals surface area contributed by atoms with Crippen LogP contribution >= 0.6 is 0 Å². The monoisotopic (exact) mass is 454 g/mol. The number of hydrogen-bond donors (Lipinski definition) is 1. The van der Waals surface area contributed by atoms with Crippen molar-refractivity contribution >= 4 is 11.9 Å². The Morgan fingerprint density at radius 1 is 0.824 bits per heavy atom. The molecule has 4 heteroatoms. The van der Waals surface area contributed by atoms with Gasteiger partial charge in [-0.05, 0) is 35.6 Å². The van der Waals surface area contributed by atoms with Crippen LogP contribution in [0, 0.1) is 5.92 Å². The number of anilines is 1. The van der Waals surface area contributed by atoms with Gasteiger partial charge in [-0.3, -0.25) is 0 Å². The standard InChI is InChI=1S/C30H38N4/c1-24(2)22-33-18-20-34(21-19-33)23-28(11-6-10-25-8-4-3-5-9-25)26-14-16-27(17-15-26)29-12-7-13-30(31)32-29/h3-10,12-17,24,28H,11,18-23H2,1-2H3,(H2,31,32)/b10-6+. The third-order valence-corrected chi connectivity index (χ3v) is 6.55. The van der Waals surface area contributed by atoms with Gasteiger partial charge in [0.05, 0.1) is 5.69 Å². The molecular formula is C30H38N4. The summed E-state index contributed by atoms with van der Waals surface area (Å²) < 4.78 is 0. The molecule has 1 unspecified atom stereocenters. The van der Waals surface area contributed by atoms with Crippen LogP contribution in [0.15, 0.2) is 78.9 Å². The largest absolute Gasteiger partial charge is 0.384 e. The third kappa shape index (κ3) is 7.02. The van der Waals surface area contributed by atoms with Gasteiger partial charge in [-0.15, -0.1) is 0 Å². The molecule has 0 amide bonds. The van der Waals surface area contributed by atoms with Crippen LogP contribution in [-0.2, 0) is 0 Å². The van der Waals surface area contributed by atoms with Crippen molar-refractivity contribution in [2.24, 2.45) is 5.92 Å². The topological polar surface area (TPSA) is 45.4 Å². The quantitative estimate of drug-likeness (QED) is 0.444. The summed E-state index contributed by atoms with van der Waals surface area (Å²) in [5.74, 6) is 1.75. The fourth-order valence-corrected chi connectivity index (χ4v) is 4.77. The van der Waals surface area contributed by atoms with Crippen LogP contribution in [0.2, 0.25) is 0 Å². The van der Waals surface area contributed by atoms with Gasteiger partial charge in [-0.25, -0.2) is 4.98 Å². The van der Waals surface area contributed by atoms with Gasteiger partial charge in [-0.1, -0.05) is 86.7 Å². The molecule has 178 valence electrons. The molecule has 1 aromatic heterocycles. The molecule has 1 aliphatic heterocycles. The SMILES string of the molecule is CC(C)CN1CCN(CC(C/C=C/c2ccccc2)c2ccc(-c3cccc(N)n3)cc2)CC1. The van der Waals surface area contributed by atoms with E-state index in [4.69, 9.17) is 5.73 Å². The van der Waals surface area contributed by atoms with Crippen molar-refractivity contribution in [3.8, 4) is 11.3 Å². The molecule has 0 radical (unpaired) electrons. The van der Waals surface area contributed by atoms with Gasteiger partial charge in [-0.2, -0.15) is 0 Å². The highest BCUT2D eigenvalue weighted by Gasteiger charge is 2.21. The van der Waals surface area contributed by atoms with E-state index in [0.29, 0.717) is 11.7 Å². The summed E-state index contributed by atoms with van der Waals surface area (Å²) in [5.41, 5.74) is 10.6. The lowest BCUT2D eigenvalue weighted by molar-refractivity contribution is 0.117. The summed E-state index contributed by atoms with van der Waals surface area (Å²) in [7, 11) is 0. The van der Waals surface area contributed by atoms with Gasteiger partial charge < -0.3 is 15.5 Å². The molecule has 0 spiro atoms. The maximum absolute atomic E-state index is 5.89. The van der Waals surface area contributed by atoms with Crippen molar-refractivity contribution in [3.63, 3.8) is 0 Å². The Kier molecular flexibility index (Phi) is 8.51. The van der Waals surface area contributed by atoms with Crippen LogP contribution in [0.5, 0.6) is 0 Å². The normalized spacial score (nSPS) is 16.3. The lowest BCUT2D eigenvalue weighted by Gasteiger charge is -2.37. The summed E-state index contributed by atoms with van der Waals surface area (Å²) in [4.78, 5) is 9.73. The van der Waals surface area contributed by atoms with Crippen molar-refractivity contribution in [3.05, 3.63) is 90.0 Å². The molecule has 3 aromatic rings. The van der Waals surface area contributed by atoms with Crippen molar-refractivity contribution in [1.82, 2.24) is 14.8 Å². The maximum atomic E-state index is 5.89. The average molecular weight is 455 g/mol. The molecule has 1 fully saturated rings. The van der Waals surface area contributed by atoms with E-state index in [1.807, 2.05) is 18.2 Å². The number of hydrogen-bond acceptors (Lipinski definition) is 4. The zero-order valence-electron chi connectivity index (χ0n) is 20.6. The number of allylic oxidation sites excluding steroid dienone is 1. The Morgan fingerprint density at radius 2 is 1.50 bits per heavy atom. The molecule has 34 heavy (non-hydrogen) atoms. The van der Waals surface area contributed by atoms with Crippen molar-refractivity contribution in [1.29, 1.82) is 0 Å². The minimum absolute atomic E-state index is 0.458. The Balaban J connectivity index is 1.46. The number of nitrogens with two attached hydrogens (primary N) is 1. The van der Waals surface area contributed by atoms with E-state index in [1.165, 1.54) is 30.8 Å². The van der Waals surface area contributed by atoms with E-state index in [1.54, 1.807) is 0 Å². The van der Waals surface area contributed by atoms with E-state index in [2.05, 4.69) is 95.4 Å².